The number of piperidine rings is 1. The van der Waals surface area contributed by atoms with Crippen molar-refractivity contribution < 1.29 is 34.1 Å². The number of hydrogen-bond donors (Lipinski definition) is 2. The van der Waals surface area contributed by atoms with E-state index in [1.807, 2.05) is 30.0 Å². The minimum Gasteiger partial charge on any atom is -0.493 e. The fourth-order valence-electron chi connectivity index (χ4n) is 3.54. The van der Waals surface area contributed by atoms with Crippen LogP contribution in [0.5, 0.6) is 5.75 Å². The summed E-state index contributed by atoms with van der Waals surface area (Å²) in [5, 5.41) is 14.8. The van der Waals surface area contributed by atoms with Crippen molar-refractivity contribution in [2.75, 3.05) is 52.5 Å². The minimum atomic E-state index is -1.82. The van der Waals surface area contributed by atoms with Gasteiger partial charge in [-0.2, -0.15) is 0 Å². The summed E-state index contributed by atoms with van der Waals surface area (Å²) in [7, 11) is 0. The number of aliphatic carboxylic acids is 2. The van der Waals surface area contributed by atoms with Crippen LogP contribution in [0.2, 0.25) is 0 Å². The van der Waals surface area contributed by atoms with Crippen molar-refractivity contribution in [2.45, 2.75) is 19.8 Å². The molecular weight excluding hydrogens is 416 g/mol. The third-order valence-electron chi connectivity index (χ3n) is 5.30. The fraction of sp³-hybridized carbons (Fsp3) is 0.522. The Morgan fingerprint density at radius 2 is 1.69 bits per heavy atom. The topological polar surface area (TPSA) is 117 Å². The number of carbonyl (C=O) groups is 3. The second-order valence-corrected chi connectivity index (χ2v) is 7.55. The maximum Gasteiger partial charge on any atom is 0.414 e. The van der Waals surface area contributed by atoms with Crippen LogP contribution in [0, 0.1) is 5.92 Å². The maximum absolute atomic E-state index is 12.5. The predicted molar refractivity (Wildman–Crippen MR) is 118 cm³/mol. The number of allylic oxidation sites excluding steroid dienone is 1. The number of benzene rings is 1. The van der Waals surface area contributed by atoms with Crippen LogP contribution in [0.25, 0.3) is 6.08 Å². The number of hydrogen-bond acceptors (Lipinski definition) is 6. The van der Waals surface area contributed by atoms with E-state index in [9.17, 15) is 4.79 Å². The van der Waals surface area contributed by atoms with E-state index in [0.29, 0.717) is 19.1 Å². The Kier molecular flexibility index (Phi) is 10.7. The molecule has 0 aliphatic carbocycles. The molecule has 176 valence electrons. The summed E-state index contributed by atoms with van der Waals surface area (Å²) in [6, 6.07) is 8.13. The normalized spacial score (nSPS) is 17.5. The van der Waals surface area contributed by atoms with Crippen LogP contribution >= 0.6 is 0 Å². The highest BCUT2D eigenvalue weighted by atomic mass is 16.5. The van der Waals surface area contributed by atoms with E-state index in [0.717, 1.165) is 63.5 Å². The largest absolute Gasteiger partial charge is 0.493 e. The summed E-state index contributed by atoms with van der Waals surface area (Å²) in [4.78, 5) is 34.9. The molecule has 1 amide bonds. The first-order chi connectivity index (χ1) is 15.4. The average Bonchev–Trinajstić information content (AvgIpc) is 2.80. The van der Waals surface area contributed by atoms with Gasteiger partial charge in [0.2, 0.25) is 5.91 Å². The van der Waals surface area contributed by atoms with E-state index < -0.39 is 11.9 Å². The second-order valence-electron chi connectivity index (χ2n) is 7.55. The molecule has 2 heterocycles. The molecule has 9 nitrogen and oxygen atoms in total. The van der Waals surface area contributed by atoms with Gasteiger partial charge in [-0.25, -0.2) is 9.59 Å². The number of morpholine rings is 1. The number of para-hydroxylation sites is 1. The van der Waals surface area contributed by atoms with E-state index >= 15 is 0 Å². The first-order valence-corrected chi connectivity index (χ1v) is 10.8. The van der Waals surface area contributed by atoms with Crippen LogP contribution in [0.1, 0.15) is 25.3 Å². The van der Waals surface area contributed by atoms with Gasteiger partial charge in [0.15, 0.2) is 0 Å². The van der Waals surface area contributed by atoms with Crippen LogP contribution in [0.4, 0.5) is 0 Å². The van der Waals surface area contributed by atoms with Crippen molar-refractivity contribution in [3.8, 4) is 5.75 Å². The highest BCUT2D eigenvalue weighted by Gasteiger charge is 2.23. The Morgan fingerprint density at radius 3 is 2.28 bits per heavy atom. The summed E-state index contributed by atoms with van der Waals surface area (Å²) >= 11 is 0. The van der Waals surface area contributed by atoms with Gasteiger partial charge >= 0.3 is 11.9 Å². The standard InChI is InChI=1S/C21H30N2O3.C2H2O4/c1-2-26-20-6-4-3-5-19(20)8-7-18-9-11-23(12-10-18)21(24)17-22-13-15-25-16-14-22;3-1(4)2(5)6/h3-8,18H,2,9-17H2,1H3;(H,3,4)(H,5,6)/b8-7+;. The number of nitrogens with zero attached hydrogens (tertiary/aromatic N) is 2. The molecule has 0 spiro atoms. The van der Waals surface area contributed by atoms with Crippen molar-refractivity contribution in [3.05, 3.63) is 35.9 Å². The molecule has 0 radical (unpaired) electrons. The lowest BCUT2D eigenvalue weighted by molar-refractivity contribution is -0.159. The van der Waals surface area contributed by atoms with E-state index in [1.165, 1.54) is 0 Å². The van der Waals surface area contributed by atoms with Crippen molar-refractivity contribution in [3.63, 3.8) is 0 Å². The maximum atomic E-state index is 12.5. The average molecular weight is 449 g/mol. The summed E-state index contributed by atoms with van der Waals surface area (Å²) in [5.74, 6) is -1.93. The van der Waals surface area contributed by atoms with E-state index in [1.54, 1.807) is 0 Å². The zero-order chi connectivity index (χ0) is 23.3. The molecule has 0 atom stereocenters. The third-order valence-corrected chi connectivity index (χ3v) is 5.30. The number of rotatable bonds is 6. The molecule has 1 aromatic rings. The van der Waals surface area contributed by atoms with Gasteiger partial charge in [0, 0.05) is 31.7 Å². The smallest absolute Gasteiger partial charge is 0.414 e. The van der Waals surface area contributed by atoms with Gasteiger partial charge in [0.05, 0.1) is 26.4 Å². The quantitative estimate of drug-likeness (QED) is 0.633. The molecule has 2 N–H and O–H groups in total. The van der Waals surface area contributed by atoms with Crippen LogP contribution in [0.15, 0.2) is 30.3 Å². The number of ether oxygens (including phenoxy) is 2. The lowest BCUT2D eigenvalue weighted by Crippen LogP contribution is -2.46. The Hall–Kier alpha value is -2.91. The van der Waals surface area contributed by atoms with Gasteiger partial charge in [0.25, 0.3) is 0 Å². The van der Waals surface area contributed by atoms with Crippen molar-refractivity contribution in [1.82, 2.24) is 9.80 Å². The van der Waals surface area contributed by atoms with Crippen molar-refractivity contribution in [1.29, 1.82) is 0 Å². The zero-order valence-corrected chi connectivity index (χ0v) is 18.4. The van der Waals surface area contributed by atoms with Crippen LogP contribution in [-0.4, -0.2) is 90.4 Å². The summed E-state index contributed by atoms with van der Waals surface area (Å²) in [6.07, 6.45) is 6.51. The highest BCUT2D eigenvalue weighted by Crippen LogP contribution is 2.23. The van der Waals surface area contributed by atoms with E-state index in [2.05, 4.69) is 23.1 Å². The van der Waals surface area contributed by atoms with Gasteiger partial charge in [-0.05, 0) is 31.7 Å². The Balaban J connectivity index is 0.000000534. The first kappa shape index (κ1) is 25.4. The van der Waals surface area contributed by atoms with E-state index in [4.69, 9.17) is 29.3 Å². The molecule has 2 fully saturated rings. The minimum absolute atomic E-state index is 0.260. The second kappa shape index (κ2) is 13.5. The molecule has 2 aliphatic rings. The number of carbonyl (C=O) groups excluding carboxylic acids is 1. The first-order valence-electron chi connectivity index (χ1n) is 10.8. The molecule has 9 heteroatoms. The zero-order valence-electron chi connectivity index (χ0n) is 18.4. The molecule has 0 aromatic heterocycles. The monoisotopic (exact) mass is 448 g/mol. The van der Waals surface area contributed by atoms with Crippen LogP contribution in [0.3, 0.4) is 0 Å². The number of amides is 1. The lowest BCUT2D eigenvalue weighted by Gasteiger charge is -2.33. The van der Waals surface area contributed by atoms with Gasteiger partial charge in [0.1, 0.15) is 5.75 Å². The number of likely N-dealkylation sites (tertiary alicyclic amines) is 1. The van der Waals surface area contributed by atoms with Gasteiger partial charge < -0.3 is 24.6 Å². The Bertz CT molecular complexity index is 770. The Morgan fingerprint density at radius 1 is 1.06 bits per heavy atom. The van der Waals surface area contributed by atoms with Crippen molar-refractivity contribution in [2.24, 2.45) is 5.92 Å². The highest BCUT2D eigenvalue weighted by molar-refractivity contribution is 6.27. The molecule has 2 aliphatic heterocycles. The molecule has 3 rings (SSSR count). The summed E-state index contributed by atoms with van der Waals surface area (Å²) in [5.41, 5.74) is 1.13. The molecule has 0 saturated carbocycles. The molecule has 0 unspecified atom stereocenters. The Labute approximate surface area is 188 Å². The van der Waals surface area contributed by atoms with Crippen LogP contribution in [-0.2, 0) is 19.1 Å². The SMILES string of the molecule is CCOc1ccccc1/C=C/C1CCN(C(=O)CN2CCOCC2)CC1.O=C(O)C(=O)O. The van der Waals surface area contributed by atoms with Crippen LogP contribution < -0.4 is 4.74 Å². The van der Waals surface area contributed by atoms with Gasteiger partial charge in [-0.1, -0.05) is 30.4 Å². The third kappa shape index (κ3) is 8.68. The van der Waals surface area contributed by atoms with Gasteiger partial charge in [-0.15, -0.1) is 0 Å². The van der Waals surface area contributed by atoms with Gasteiger partial charge in [-0.3, -0.25) is 9.69 Å². The molecule has 1 aromatic carbocycles. The lowest BCUT2D eigenvalue weighted by atomic mass is 9.95. The van der Waals surface area contributed by atoms with Crippen molar-refractivity contribution >= 4 is 23.9 Å². The molecular formula is C23H32N2O7. The van der Waals surface area contributed by atoms with E-state index in [-0.39, 0.29) is 5.91 Å². The number of carboxylic acids is 2. The predicted octanol–water partition coefficient (Wildman–Crippen LogP) is 1.82. The summed E-state index contributed by atoms with van der Waals surface area (Å²) in [6.45, 7) is 8.13. The molecule has 2 saturated heterocycles. The fourth-order valence-corrected chi connectivity index (χ4v) is 3.54. The summed E-state index contributed by atoms with van der Waals surface area (Å²) < 4.78 is 11.0. The number of carboxylic acid groups (broad SMARTS) is 2. The molecule has 32 heavy (non-hydrogen) atoms. The molecule has 0 bridgehead atoms.